The third-order valence-electron chi connectivity index (χ3n) is 5.26. The second kappa shape index (κ2) is 6.95. The Bertz CT molecular complexity index is 609. The van der Waals surface area contributed by atoms with Gasteiger partial charge in [0.2, 0.25) is 5.91 Å². The first-order valence-corrected chi connectivity index (χ1v) is 9.09. The maximum Gasteiger partial charge on any atom is 0.272 e. The zero-order valence-corrected chi connectivity index (χ0v) is 15.0. The van der Waals surface area contributed by atoms with E-state index in [1.54, 1.807) is 4.68 Å². The van der Waals surface area contributed by atoms with Crippen molar-refractivity contribution >= 4 is 11.8 Å². The van der Waals surface area contributed by atoms with Crippen molar-refractivity contribution in [2.75, 3.05) is 26.2 Å². The van der Waals surface area contributed by atoms with Crippen LogP contribution in [0.1, 0.15) is 61.6 Å². The third kappa shape index (κ3) is 3.32. The molecule has 2 aliphatic rings. The lowest BCUT2D eigenvalue weighted by Crippen LogP contribution is -2.44. The second-order valence-corrected chi connectivity index (χ2v) is 7.33. The molecule has 1 aromatic rings. The van der Waals surface area contributed by atoms with Crippen LogP contribution < -0.4 is 0 Å². The summed E-state index contributed by atoms with van der Waals surface area (Å²) in [5.41, 5.74) is 1.59. The Balaban J connectivity index is 1.60. The average Bonchev–Trinajstić information content (AvgIpc) is 3.23. The van der Waals surface area contributed by atoms with Gasteiger partial charge in [-0.15, -0.1) is 0 Å². The Morgan fingerprint density at radius 1 is 1.08 bits per heavy atom. The predicted octanol–water partition coefficient (Wildman–Crippen LogP) is 2.02. The summed E-state index contributed by atoms with van der Waals surface area (Å²) >= 11 is 0. The molecule has 0 radical (unpaired) electrons. The zero-order chi connectivity index (χ0) is 17.3. The van der Waals surface area contributed by atoms with Crippen LogP contribution in [-0.2, 0) is 11.8 Å². The monoisotopic (exact) mass is 332 g/mol. The van der Waals surface area contributed by atoms with Gasteiger partial charge >= 0.3 is 0 Å². The molecule has 1 aromatic heterocycles. The average molecular weight is 332 g/mol. The lowest BCUT2D eigenvalue weighted by molar-refractivity contribution is -0.135. The highest BCUT2D eigenvalue weighted by atomic mass is 16.2. The van der Waals surface area contributed by atoms with Gasteiger partial charge in [-0.1, -0.05) is 13.8 Å². The second-order valence-electron chi connectivity index (χ2n) is 7.33. The van der Waals surface area contributed by atoms with E-state index in [0.29, 0.717) is 30.6 Å². The first-order chi connectivity index (χ1) is 11.5. The minimum Gasteiger partial charge on any atom is -0.342 e. The number of carbonyl (C=O) groups is 2. The lowest BCUT2D eigenvalue weighted by atomic mass is 9.95. The minimum absolute atomic E-state index is 0.0315. The van der Waals surface area contributed by atoms with Crippen LogP contribution in [0.5, 0.6) is 0 Å². The molecule has 0 N–H and O–H groups in total. The van der Waals surface area contributed by atoms with E-state index in [1.165, 1.54) is 0 Å². The Labute approximate surface area is 143 Å². The number of piperidine rings is 1. The summed E-state index contributed by atoms with van der Waals surface area (Å²) in [5.74, 6) is 0.720. The molecule has 0 atom stereocenters. The summed E-state index contributed by atoms with van der Waals surface area (Å²) in [6.07, 6.45) is 3.80. The molecule has 0 aliphatic carbocycles. The van der Waals surface area contributed by atoms with Crippen LogP contribution in [0.2, 0.25) is 0 Å². The van der Waals surface area contributed by atoms with Crippen molar-refractivity contribution < 1.29 is 9.59 Å². The van der Waals surface area contributed by atoms with Crippen LogP contribution in [0.15, 0.2) is 6.07 Å². The minimum atomic E-state index is 0.0315. The fourth-order valence-electron chi connectivity index (χ4n) is 3.66. The van der Waals surface area contributed by atoms with Crippen molar-refractivity contribution in [3.8, 4) is 0 Å². The van der Waals surface area contributed by atoms with Crippen molar-refractivity contribution in [1.82, 2.24) is 19.6 Å². The molecule has 2 fully saturated rings. The fourth-order valence-corrected chi connectivity index (χ4v) is 3.66. The quantitative estimate of drug-likeness (QED) is 0.851. The normalized spacial score (nSPS) is 19.3. The van der Waals surface area contributed by atoms with E-state index in [-0.39, 0.29) is 11.8 Å². The molecule has 3 heterocycles. The van der Waals surface area contributed by atoms with Gasteiger partial charge < -0.3 is 9.80 Å². The van der Waals surface area contributed by atoms with Crippen molar-refractivity contribution in [1.29, 1.82) is 0 Å². The molecule has 0 saturated carbocycles. The highest BCUT2D eigenvalue weighted by molar-refractivity contribution is 5.93. The Hall–Kier alpha value is -1.85. The molecular formula is C18H28N4O2. The van der Waals surface area contributed by atoms with Crippen LogP contribution in [0, 0.1) is 5.92 Å². The van der Waals surface area contributed by atoms with Gasteiger partial charge in [0.1, 0.15) is 5.69 Å². The molecule has 6 nitrogen and oxygen atoms in total. The number of amides is 2. The van der Waals surface area contributed by atoms with Gasteiger partial charge in [-0.3, -0.25) is 14.3 Å². The maximum atomic E-state index is 12.8. The molecule has 2 aliphatic heterocycles. The molecule has 2 saturated heterocycles. The highest BCUT2D eigenvalue weighted by Gasteiger charge is 2.32. The van der Waals surface area contributed by atoms with Crippen molar-refractivity contribution in [2.45, 2.75) is 45.4 Å². The molecule has 0 aromatic carbocycles. The number of likely N-dealkylation sites (tertiary alicyclic amines) is 2. The van der Waals surface area contributed by atoms with E-state index in [9.17, 15) is 9.59 Å². The van der Waals surface area contributed by atoms with E-state index in [2.05, 4.69) is 18.9 Å². The van der Waals surface area contributed by atoms with E-state index in [4.69, 9.17) is 0 Å². The van der Waals surface area contributed by atoms with Gasteiger partial charge in [0.05, 0.1) is 5.69 Å². The van der Waals surface area contributed by atoms with Crippen molar-refractivity contribution in [2.24, 2.45) is 13.0 Å². The van der Waals surface area contributed by atoms with E-state index < -0.39 is 0 Å². The van der Waals surface area contributed by atoms with Crippen LogP contribution in [0.4, 0.5) is 0 Å². The van der Waals surface area contributed by atoms with E-state index in [0.717, 1.165) is 44.5 Å². The summed E-state index contributed by atoms with van der Waals surface area (Å²) in [4.78, 5) is 29.1. The lowest BCUT2D eigenvalue weighted by Gasteiger charge is -2.33. The van der Waals surface area contributed by atoms with Gasteiger partial charge in [0, 0.05) is 39.1 Å². The van der Waals surface area contributed by atoms with Gasteiger partial charge in [-0.2, -0.15) is 5.10 Å². The summed E-state index contributed by atoms with van der Waals surface area (Å²) in [7, 11) is 1.82. The number of aryl methyl sites for hydroxylation is 1. The summed E-state index contributed by atoms with van der Waals surface area (Å²) < 4.78 is 1.68. The third-order valence-corrected chi connectivity index (χ3v) is 5.26. The fraction of sp³-hybridized carbons (Fsp3) is 0.722. The van der Waals surface area contributed by atoms with Crippen molar-refractivity contribution in [3.63, 3.8) is 0 Å². The predicted molar refractivity (Wildman–Crippen MR) is 91.7 cm³/mol. The number of nitrogens with zero attached hydrogens (tertiary/aromatic N) is 4. The highest BCUT2D eigenvalue weighted by Crippen LogP contribution is 2.23. The van der Waals surface area contributed by atoms with Gasteiger partial charge in [0.15, 0.2) is 0 Å². The SMILES string of the molecule is CC(C)c1cc(C(=O)N2CCC(C(=O)N3CCCC3)CC2)n(C)n1. The summed E-state index contributed by atoms with van der Waals surface area (Å²) in [6, 6.07) is 1.90. The summed E-state index contributed by atoms with van der Waals surface area (Å²) in [5, 5.41) is 4.43. The Morgan fingerprint density at radius 2 is 1.71 bits per heavy atom. The topological polar surface area (TPSA) is 58.4 Å². The van der Waals surface area contributed by atoms with Crippen LogP contribution >= 0.6 is 0 Å². The molecule has 0 spiro atoms. The van der Waals surface area contributed by atoms with Crippen LogP contribution in [-0.4, -0.2) is 57.6 Å². The molecule has 24 heavy (non-hydrogen) atoms. The summed E-state index contributed by atoms with van der Waals surface area (Å²) in [6.45, 7) is 7.28. The molecule has 0 bridgehead atoms. The number of rotatable bonds is 3. The molecule has 0 unspecified atom stereocenters. The number of hydrogen-bond acceptors (Lipinski definition) is 3. The Morgan fingerprint density at radius 3 is 2.25 bits per heavy atom. The molecular weight excluding hydrogens is 304 g/mol. The number of hydrogen-bond donors (Lipinski definition) is 0. The first-order valence-electron chi connectivity index (χ1n) is 9.09. The first kappa shape index (κ1) is 17.0. The molecule has 132 valence electrons. The van der Waals surface area contributed by atoms with Crippen molar-refractivity contribution in [3.05, 3.63) is 17.5 Å². The molecule has 3 rings (SSSR count). The smallest absolute Gasteiger partial charge is 0.272 e. The van der Waals surface area contributed by atoms with Crippen LogP contribution in [0.3, 0.4) is 0 Å². The van der Waals surface area contributed by atoms with E-state index >= 15 is 0 Å². The number of carbonyl (C=O) groups excluding carboxylic acids is 2. The van der Waals surface area contributed by atoms with Crippen LogP contribution in [0.25, 0.3) is 0 Å². The number of aromatic nitrogens is 2. The maximum absolute atomic E-state index is 12.8. The van der Waals surface area contributed by atoms with Gasteiger partial charge in [0.25, 0.3) is 5.91 Å². The molecule has 2 amide bonds. The largest absolute Gasteiger partial charge is 0.342 e. The molecule has 6 heteroatoms. The van der Waals surface area contributed by atoms with E-state index in [1.807, 2.05) is 22.9 Å². The van der Waals surface area contributed by atoms with Gasteiger partial charge in [-0.05, 0) is 37.7 Å². The zero-order valence-electron chi connectivity index (χ0n) is 15.0. The standard InChI is InChI=1S/C18H28N4O2/c1-13(2)15-12-16(20(3)19-15)18(24)22-10-6-14(7-11-22)17(23)21-8-4-5-9-21/h12-14H,4-11H2,1-3H3. The Kier molecular flexibility index (Phi) is 4.92. The van der Waals surface area contributed by atoms with Gasteiger partial charge in [-0.25, -0.2) is 0 Å².